The Balaban J connectivity index is 1.46. The molecule has 2 amide bonds. The summed E-state index contributed by atoms with van der Waals surface area (Å²) in [5, 5.41) is 12.4. The summed E-state index contributed by atoms with van der Waals surface area (Å²) >= 11 is 0. The van der Waals surface area contributed by atoms with Crippen LogP contribution in [0.4, 0.5) is 4.79 Å². The second kappa shape index (κ2) is 8.44. The minimum Gasteiger partial charge on any atom is -0.391 e. The molecular weight excluding hydrogens is 260 g/mol. The van der Waals surface area contributed by atoms with Gasteiger partial charge in [-0.2, -0.15) is 0 Å². The molecular formula is C14H26N2O4. The second-order valence-corrected chi connectivity index (χ2v) is 5.54. The van der Waals surface area contributed by atoms with E-state index in [0.29, 0.717) is 26.3 Å². The number of nitrogens with one attached hydrogen (secondary N) is 1. The summed E-state index contributed by atoms with van der Waals surface area (Å²) in [5.74, 6) is 0. The van der Waals surface area contributed by atoms with Crippen molar-refractivity contribution < 1.29 is 19.4 Å². The van der Waals surface area contributed by atoms with Crippen LogP contribution in [0.25, 0.3) is 0 Å². The Kier molecular flexibility index (Phi) is 6.56. The molecule has 2 unspecified atom stereocenters. The van der Waals surface area contributed by atoms with Crippen LogP contribution in [0.1, 0.15) is 32.1 Å². The number of β-amino-alcohol motifs (C(OH)–C–C–N with tert-alkyl or cyclic N) is 1. The highest BCUT2D eigenvalue weighted by Crippen LogP contribution is 2.12. The SMILES string of the molecule is O=C(NCCCOCC1CCCO1)N1CCCC(O)C1. The van der Waals surface area contributed by atoms with Crippen LogP contribution in [-0.2, 0) is 9.47 Å². The van der Waals surface area contributed by atoms with E-state index in [-0.39, 0.29) is 18.2 Å². The molecule has 2 fully saturated rings. The third kappa shape index (κ3) is 5.26. The Labute approximate surface area is 120 Å². The van der Waals surface area contributed by atoms with E-state index in [1.807, 2.05) is 0 Å². The number of hydrogen-bond acceptors (Lipinski definition) is 4. The van der Waals surface area contributed by atoms with Crippen molar-refractivity contribution in [2.75, 3.05) is 39.5 Å². The van der Waals surface area contributed by atoms with Crippen LogP contribution in [0.5, 0.6) is 0 Å². The molecule has 2 atom stereocenters. The number of rotatable bonds is 6. The van der Waals surface area contributed by atoms with Crippen molar-refractivity contribution in [1.82, 2.24) is 10.2 Å². The van der Waals surface area contributed by atoms with Crippen LogP contribution < -0.4 is 5.32 Å². The number of aliphatic hydroxyl groups is 1. The molecule has 0 bridgehead atoms. The normalized spacial score (nSPS) is 26.8. The standard InChI is InChI=1S/C14H26N2O4/c17-12-4-1-7-16(10-12)14(18)15-6-3-8-19-11-13-5-2-9-20-13/h12-13,17H,1-11H2,(H,15,18). The van der Waals surface area contributed by atoms with Crippen LogP contribution in [0, 0.1) is 0 Å². The monoisotopic (exact) mass is 286 g/mol. The molecule has 2 saturated heterocycles. The molecule has 0 aromatic carbocycles. The van der Waals surface area contributed by atoms with E-state index in [1.165, 1.54) is 0 Å². The van der Waals surface area contributed by atoms with E-state index in [1.54, 1.807) is 4.90 Å². The molecule has 20 heavy (non-hydrogen) atoms. The highest BCUT2D eigenvalue weighted by atomic mass is 16.5. The van der Waals surface area contributed by atoms with Crippen LogP contribution >= 0.6 is 0 Å². The van der Waals surface area contributed by atoms with Crippen LogP contribution in [0.2, 0.25) is 0 Å². The number of carbonyl (C=O) groups excluding carboxylic acids is 1. The fourth-order valence-electron chi connectivity index (χ4n) is 2.61. The van der Waals surface area contributed by atoms with Crippen molar-refractivity contribution in [2.45, 2.75) is 44.3 Å². The van der Waals surface area contributed by atoms with Gasteiger partial charge in [0.1, 0.15) is 0 Å². The van der Waals surface area contributed by atoms with Crippen molar-refractivity contribution in [3.63, 3.8) is 0 Å². The van der Waals surface area contributed by atoms with Gasteiger partial charge in [-0.3, -0.25) is 0 Å². The molecule has 2 heterocycles. The first-order valence-electron chi connectivity index (χ1n) is 7.66. The van der Waals surface area contributed by atoms with Crippen molar-refractivity contribution in [2.24, 2.45) is 0 Å². The van der Waals surface area contributed by atoms with Gasteiger partial charge in [-0.15, -0.1) is 0 Å². The first kappa shape index (κ1) is 15.5. The maximum atomic E-state index is 11.8. The lowest BCUT2D eigenvalue weighted by Gasteiger charge is -2.30. The average Bonchev–Trinajstić information content (AvgIpc) is 2.95. The lowest BCUT2D eigenvalue weighted by atomic mass is 10.1. The van der Waals surface area contributed by atoms with Crippen LogP contribution in [-0.4, -0.2) is 67.7 Å². The molecule has 0 saturated carbocycles. The highest BCUT2D eigenvalue weighted by molar-refractivity contribution is 5.74. The number of urea groups is 1. The van der Waals surface area contributed by atoms with Gasteiger partial charge in [0, 0.05) is 32.8 Å². The molecule has 0 aliphatic carbocycles. The van der Waals surface area contributed by atoms with E-state index in [9.17, 15) is 9.90 Å². The number of nitrogens with zero attached hydrogens (tertiary/aromatic N) is 1. The Bertz CT molecular complexity index is 295. The van der Waals surface area contributed by atoms with Gasteiger partial charge in [-0.1, -0.05) is 0 Å². The van der Waals surface area contributed by atoms with E-state index in [2.05, 4.69) is 5.32 Å². The van der Waals surface area contributed by atoms with Crippen molar-refractivity contribution >= 4 is 6.03 Å². The van der Waals surface area contributed by atoms with Crippen molar-refractivity contribution in [1.29, 1.82) is 0 Å². The molecule has 2 aliphatic rings. The summed E-state index contributed by atoms with van der Waals surface area (Å²) in [5.41, 5.74) is 0. The minimum atomic E-state index is -0.371. The average molecular weight is 286 g/mol. The summed E-state index contributed by atoms with van der Waals surface area (Å²) in [6.45, 7) is 3.94. The van der Waals surface area contributed by atoms with Crippen molar-refractivity contribution in [3.05, 3.63) is 0 Å². The lowest BCUT2D eigenvalue weighted by molar-refractivity contribution is 0.0166. The third-order valence-corrected chi connectivity index (χ3v) is 3.75. The number of carbonyl (C=O) groups is 1. The zero-order valence-corrected chi connectivity index (χ0v) is 12.1. The number of hydrogen-bond donors (Lipinski definition) is 2. The van der Waals surface area contributed by atoms with Gasteiger partial charge in [0.2, 0.25) is 0 Å². The molecule has 0 radical (unpaired) electrons. The topological polar surface area (TPSA) is 71.0 Å². The fraction of sp³-hybridized carbons (Fsp3) is 0.929. The third-order valence-electron chi connectivity index (χ3n) is 3.75. The van der Waals surface area contributed by atoms with Gasteiger partial charge in [0.15, 0.2) is 0 Å². The summed E-state index contributed by atoms with van der Waals surface area (Å²) < 4.78 is 11.0. The van der Waals surface area contributed by atoms with Crippen molar-refractivity contribution in [3.8, 4) is 0 Å². The zero-order chi connectivity index (χ0) is 14.2. The molecule has 116 valence electrons. The smallest absolute Gasteiger partial charge is 0.317 e. The molecule has 6 nitrogen and oxygen atoms in total. The van der Waals surface area contributed by atoms with E-state index in [4.69, 9.17) is 9.47 Å². The molecule has 2 aliphatic heterocycles. The van der Waals surface area contributed by atoms with Gasteiger partial charge in [0.25, 0.3) is 0 Å². The number of piperidine rings is 1. The van der Waals surface area contributed by atoms with Crippen LogP contribution in [0.15, 0.2) is 0 Å². The second-order valence-electron chi connectivity index (χ2n) is 5.54. The van der Waals surface area contributed by atoms with Gasteiger partial charge in [-0.25, -0.2) is 4.79 Å². The Morgan fingerprint density at radius 3 is 3.05 bits per heavy atom. The highest BCUT2D eigenvalue weighted by Gasteiger charge is 2.21. The lowest BCUT2D eigenvalue weighted by Crippen LogP contribution is -2.47. The summed E-state index contributed by atoms with van der Waals surface area (Å²) in [4.78, 5) is 13.5. The van der Waals surface area contributed by atoms with E-state index < -0.39 is 0 Å². The number of amides is 2. The van der Waals surface area contributed by atoms with E-state index >= 15 is 0 Å². The summed E-state index contributed by atoms with van der Waals surface area (Å²) in [6.07, 6.45) is 4.58. The quantitative estimate of drug-likeness (QED) is 0.707. The minimum absolute atomic E-state index is 0.0807. The summed E-state index contributed by atoms with van der Waals surface area (Å²) in [6, 6.07) is -0.0807. The molecule has 6 heteroatoms. The molecule has 0 aromatic rings. The first-order chi connectivity index (χ1) is 9.75. The predicted molar refractivity (Wildman–Crippen MR) is 74.6 cm³/mol. The Morgan fingerprint density at radius 1 is 1.40 bits per heavy atom. The predicted octanol–water partition coefficient (Wildman–Crippen LogP) is 0.738. The Hall–Kier alpha value is -0.850. The maximum absolute atomic E-state index is 11.8. The maximum Gasteiger partial charge on any atom is 0.317 e. The number of ether oxygens (including phenoxy) is 2. The fourth-order valence-corrected chi connectivity index (χ4v) is 2.61. The largest absolute Gasteiger partial charge is 0.391 e. The van der Waals surface area contributed by atoms with Crippen LogP contribution in [0.3, 0.4) is 0 Å². The molecule has 2 N–H and O–H groups in total. The molecule has 0 aromatic heterocycles. The van der Waals surface area contributed by atoms with Gasteiger partial charge >= 0.3 is 6.03 Å². The first-order valence-corrected chi connectivity index (χ1v) is 7.66. The summed E-state index contributed by atoms with van der Waals surface area (Å²) in [7, 11) is 0. The van der Waals surface area contributed by atoms with Gasteiger partial charge in [0.05, 0.1) is 18.8 Å². The van der Waals surface area contributed by atoms with E-state index in [0.717, 1.165) is 45.3 Å². The number of aliphatic hydroxyl groups excluding tert-OH is 1. The van der Waals surface area contributed by atoms with Gasteiger partial charge in [-0.05, 0) is 32.1 Å². The molecule has 2 rings (SSSR count). The number of likely N-dealkylation sites (tertiary alicyclic amines) is 1. The zero-order valence-electron chi connectivity index (χ0n) is 12.1. The van der Waals surface area contributed by atoms with Gasteiger partial charge < -0.3 is 24.8 Å². The Morgan fingerprint density at radius 2 is 2.30 bits per heavy atom. The molecule has 0 spiro atoms.